The van der Waals surface area contributed by atoms with Gasteiger partial charge in [0.2, 0.25) is 0 Å². The molecule has 4 rings (SSSR count). The number of hydrogen-bond donors (Lipinski definition) is 0. The predicted octanol–water partition coefficient (Wildman–Crippen LogP) is 2.81. The Hall–Kier alpha value is -2.30. The van der Waals surface area contributed by atoms with Crippen molar-refractivity contribution in [2.24, 2.45) is 0 Å². The van der Waals surface area contributed by atoms with E-state index in [2.05, 4.69) is 15.1 Å². The largest absolute Gasteiger partial charge is 0.252 e. The Kier molecular flexibility index (Phi) is 2.15. The molecule has 0 atom stereocenters. The van der Waals surface area contributed by atoms with Crippen LogP contribution in [0.25, 0.3) is 16.9 Å². The first-order valence-corrected chi connectivity index (χ1v) is 6.28. The van der Waals surface area contributed by atoms with Crippen LogP contribution >= 0.6 is 0 Å². The van der Waals surface area contributed by atoms with Crippen LogP contribution < -0.4 is 0 Å². The Balaban J connectivity index is 1.80. The van der Waals surface area contributed by atoms with Crippen LogP contribution in [0.5, 0.6) is 0 Å². The first-order valence-electron chi connectivity index (χ1n) is 6.28. The molecular weight excluding hydrogens is 243 g/mol. The zero-order valence-corrected chi connectivity index (χ0v) is 10.1. The third kappa shape index (κ3) is 1.87. The minimum absolute atomic E-state index is 0.241. The van der Waals surface area contributed by atoms with E-state index in [1.54, 1.807) is 22.8 Å². The van der Waals surface area contributed by atoms with Gasteiger partial charge in [-0.1, -0.05) is 12.1 Å². The molecule has 0 radical (unpaired) electrons. The van der Waals surface area contributed by atoms with Crippen molar-refractivity contribution in [1.82, 2.24) is 19.6 Å². The molecule has 0 saturated heterocycles. The summed E-state index contributed by atoms with van der Waals surface area (Å²) in [5, 5.41) is 4.45. The zero-order valence-electron chi connectivity index (χ0n) is 10.1. The lowest BCUT2D eigenvalue weighted by Crippen LogP contribution is -1.92. The smallest absolute Gasteiger partial charge is 0.219 e. The van der Waals surface area contributed by atoms with Crippen molar-refractivity contribution in [2.45, 2.75) is 18.8 Å². The SMILES string of the molecule is Fc1ccc(-c2cnc3nc(C4CC4)nn3c2)cc1. The van der Waals surface area contributed by atoms with Gasteiger partial charge >= 0.3 is 0 Å². The Labute approximate surface area is 108 Å². The fourth-order valence-corrected chi connectivity index (χ4v) is 2.10. The summed E-state index contributed by atoms with van der Waals surface area (Å²) in [6.45, 7) is 0. The molecule has 4 nitrogen and oxygen atoms in total. The molecule has 1 aliphatic carbocycles. The molecule has 19 heavy (non-hydrogen) atoms. The third-order valence-electron chi connectivity index (χ3n) is 3.33. The lowest BCUT2D eigenvalue weighted by atomic mass is 10.1. The second-order valence-corrected chi connectivity index (χ2v) is 4.84. The Morgan fingerprint density at radius 3 is 2.63 bits per heavy atom. The quantitative estimate of drug-likeness (QED) is 0.706. The molecule has 0 spiro atoms. The van der Waals surface area contributed by atoms with Crippen LogP contribution in [-0.4, -0.2) is 19.6 Å². The average molecular weight is 254 g/mol. The van der Waals surface area contributed by atoms with Crippen LogP contribution in [0.15, 0.2) is 36.7 Å². The number of rotatable bonds is 2. The molecule has 1 aliphatic rings. The van der Waals surface area contributed by atoms with Crippen LogP contribution in [0.2, 0.25) is 0 Å². The van der Waals surface area contributed by atoms with E-state index < -0.39 is 0 Å². The minimum atomic E-state index is -0.241. The van der Waals surface area contributed by atoms with Crippen LogP contribution in [0.1, 0.15) is 24.6 Å². The van der Waals surface area contributed by atoms with E-state index in [0.717, 1.165) is 17.0 Å². The van der Waals surface area contributed by atoms with Crippen LogP contribution in [0.4, 0.5) is 4.39 Å². The highest BCUT2D eigenvalue weighted by Gasteiger charge is 2.28. The summed E-state index contributed by atoms with van der Waals surface area (Å²) in [6.07, 6.45) is 5.96. The second kappa shape index (κ2) is 3.85. The average Bonchev–Trinajstić information content (AvgIpc) is 3.19. The molecule has 0 N–H and O–H groups in total. The molecule has 3 aromatic rings. The number of fused-ring (bicyclic) bond motifs is 1. The van der Waals surface area contributed by atoms with Gasteiger partial charge in [0.25, 0.3) is 5.78 Å². The van der Waals surface area contributed by atoms with E-state index in [1.165, 1.54) is 25.0 Å². The van der Waals surface area contributed by atoms with Gasteiger partial charge in [-0.3, -0.25) is 0 Å². The molecule has 1 aromatic carbocycles. The fourth-order valence-electron chi connectivity index (χ4n) is 2.10. The third-order valence-corrected chi connectivity index (χ3v) is 3.33. The molecule has 0 bridgehead atoms. The topological polar surface area (TPSA) is 43.1 Å². The van der Waals surface area contributed by atoms with Crippen molar-refractivity contribution in [2.75, 3.05) is 0 Å². The van der Waals surface area contributed by atoms with Gasteiger partial charge in [0, 0.05) is 23.9 Å². The lowest BCUT2D eigenvalue weighted by Gasteiger charge is -2.00. The first-order chi connectivity index (χ1) is 9.29. The highest BCUT2D eigenvalue weighted by molar-refractivity contribution is 5.62. The van der Waals surface area contributed by atoms with Crippen molar-refractivity contribution in [3.8, 4) is 11.1 Å². The van der Waals surface area contributed by atoms with E-state index in [-0.39, 0.29) is 5.82 Å². The van der Waals surface area contributed by atoms with E-state index in [0.29, 0.717) is 11.7 Å². The second-order valence-electron chi connectivity index (χ2n) is 4.84. The van der Waals surface area contributed by atoms with E-state index in [1.807, 2.05) is 6.20 Å². The zero-order chi connectivity index (χ0) is 12.8. The number of hydrogen-bond acceptors (Lipinski definition) is 3. The van der Waals surface area contributed by atoms with Crippen LogP contribution in [0.3, 0.4) is 0 Å². The highest BCUT2D eigenvalue weighted by Crippen LogP contribution is 2.38. The lowest BCUT2D eigenvalue weighted by molar-refractivity contribution is 0.628. The molecule has 1 fully saturated rings. The normalized spacial score (nSPS) is 15.0. The minimum Gasteiger partial charge on any atom is -0.219 e. The van der Waals surface area contributed by atoms with Gasteiger partial charge in [-0.05, 0) is 30.5 Å². The maximum absolute atomic E-state index is 12.9. The monoisotopic (exact) mass is 254 g/mol. The summed E-state index contributed by atoms with van der Waals surface area (Å²) in [7, 11) is 0. The number of benzene rings is 1. The van der Waals surface area contributed by atoms with E-state index in [9.17, 15) is 4.39 Å². The highest BCUT2D eigenvalue weighted by atomic mass is 19.1. The Morgan fingerprint density at radius 2 is 1.89 bits per heavy atom. The van der Waals surface area contributed by atoms with Gasteiger partial charge < -0.3 is 0 Å². The number of halogens is 1. The van der Waals surface area contributed by atoms with Crippen molar-refractivity contribution in [1.29, 1.82) is 0 Å². The molecule has 5 heteroatoms. The summed E-state index contributed by atoms with van der Waals surface area (Å²) < 4.78 is 14.6. The summed E-state index contributed by atoms with van der Waals surface area (Å²) in [4.78, 5) is 8.71. The summed E-state index contributed by atoms with van der Waals surface area (Å²) >= 11 is 0. The molecule has 0 aliphatic heterocycles. The van der Waals surface area contributed by atoms with E-state index in [4.69, 9.17) is 0 Å². The summed E-state index contributed by atoms with van der Waals surface area (Å²) in [5.41, 5.74) is 1.82. The first kappa shape index (κ1) is 10.6. The summed E-state index contributed by atoms with van der Waals surface area (Å²) in [5.74, 6) is 1.77. The van der Waals surface area contributed by atoms with Gasteiger partial charge in [0.1, 0.15) is 5.82 Å². The molecule has 94 valence electrons. The molecule has 2 heterocycles. The van der Waals surface area contributed by atoms with Crippen molar-refractivity contribution >= 4 is 5.78 Å². The Morgan fingerprint density at radius 1 is 1.11 bits per heavy atom. The van der Waals surface area contributed by atoms with E-state index >= 15 is 0 Å². The summed E-state index contributed by atoms with van der Waals surface area (Å²) in [6, 6.07) is 6.35. The van der Waals surface area contributed by atoms with Gasteiger partial charge in [-0.15, -0.1) is 5.10 Å². The Bertz CT molecular complexity index is 744. The standard InChI is InChI=1S/C14H11FN4/c15-12-5-3-9(4-6-12)11-7-16-14-17-13(10-1-2-10)18-19(14)8-11/h3-8,10H,1-2H2. The van der Waals surface area contributed by atoms with Crippen molar-refractivity contribution < 1.29 is 4.39 Å². The molecule has 1 saturated carbocycles. The van der Waals surface area contributed by atoms with Crippen LogP contribution in [-0.2, 0) is 0 Å². The number of nitrogens with zero attached hydrogens (tertiary/aromatic N) is 4. The van der Waals surface area contributed by atoms with Gasteiger partial charge in [-0.25, -0.2) is 13.9 Å². The molecule has 0 unspecified atom stereocenters. The molecular formula is C14H11FN4. The van der Waals surface area contributed by atoms with Gasteiger partial charge in [0.05, 0.1) is 0 Å². The predicted molar refractivity (Wildman–Crippen MR) is 68.2 cm³/mol. The fraction of sp³-hybridized carbons (Fsp3) is 0.214. The molecule has 2 aromatic heterocycles. The van der Waals surface area contributed by atoms with Gasteiger partial charge in [-0.2, -0.15) is 4.98 Å². The van der Waals surface area contributed by atoms with Crippen LogP contribution in [0, 0.1) is 5.82 Å². The van der Waals surface area contributed by atoms with Crippen molar-refractivity contribution in [3.05, 3.63) is 48.3 Å². The maximum Gasteiger partial charge on any atom is 0.252 e. The van der Waals surface area contributed by atoms with Crippen molar-refractivity contribution in [3.63, 3.8) is 0 Å². The van der Waals surface area contributed by atoms with Gasteiger partial charge in [0.15, 0.2) is 5.82 Å². The maximum atomic E-state index is 12.9. The molecule has 0 amide bonds. The number of aromatic nitrogens is 4.